The van der Waals surface area contributed by atoms with Gasteiger partial charge in [-0.2, -0.15) is 0 Å². The van der Waals surface area contributed by atoms with Crippen LogP contribution in [0.5, 0.6) is 0 Å². The Labute approximate surface area is 143 Å². The van der Waals surface area contributed by atoms with E-state index >= 15 is 0 Å². The van der Waals surface area contributed by atoms with Gasteiger partial charge in [-0.1, -0.05) is 11.6 Å². The van der Waals surface area contributed by atoms with Crippen molar-refractivity contribution in [2.75, 3.05) is 18.0 Å². The zero-order valence-electron chi connectivity index (χ0n) is 12.9. The van der Waals surface area contributed by atoms with Crippen LogP contribution in [-0.2, 0) is 0 Å². The predicted molar refractivity (Wildman–Crippen MR) is 90.8 cm³/mol. The van der Waals surface area contributed by atoms with E-state index in [1.165, 1.54) is 6.07 Å². The second-order valence-corrected chi connectivity index (χ2v) is 6.36. The Kier molecular flexibility index (Phi) is 3.86. The topological polar surface area (TPSA) is 53.7 Å². The molecule has 4 rings (SSSR count). The van der Waals surface area contributed by atoms with Crippen LogP contribution in [0, 0.1) is 5.82 Å². The number of piperidine rings is 1. The van der Waals surface area contributed by atoms with E-state index in [0.717, 1.165) is 43.0 Å². The summed E-state index contributed by atoms with van der Waals surface area (Å²) in [5, 5.41) is 9.81. The van der Waals surface area contributed by atoms with Gasteiger partial charge < -0.3 is 10.0 Å². The van der Waals surface area contributed by atoms with Crippen molar-refractivity contribution in [2.45, 2.75) is 18.9 Å². The van der Waals surface area contributed by atoms with Crippen LogP contribution in [0.25, 0.3) is 16.9 Å². The molecule has 0 amide bonds. The number of halogens is 2. The van der Waals surface area contributed by atoms with Gasteiger partial charge in [0.05, 0.1) is 35.4 Å². The van der Waals surface area contributed by atoms with Crippen LogP contribution in [0.2, 0.25) is 5.02 Å². The summed E-state index contributed by atoms with van der Waals surface area (Å²) in [6.07, 6.45) is 6.43. The molecule has 0 radical (unpaired) electrons. The van der Waals surface area contributed by atoms with Gasteiger partial charge in [-0.15, -0.1) is 0 Å². The van der Waals surface area contributed by atoms with Gasteiger partial charge in [-0.05, 0) is 31.0 Å². The number of benzene rings is 1. The maximum Gasteiger partial charge on any atom is 0.157 e. The molecule has 1 N–H and O–H groups in total. The lowest BCUT2D eigenvalue weighted by atomic mass is 10.1. The molecular formula is C17H16ClFN4O. The van der Waals surface area contributed by atoms with Crippen molar-refractivity contribution < 1.29 is 9.50 Å². The van der Waals surface area contributed by atoms with Gasteiger partial charge in [0.15, 0.2) is 5.65 Å². The Morgan fingerprint density at radius 3 is 2.71 bits per heavy atom. The van der Waals surface area contributed by atoms with Crippen molar-refractivity contribution in [1.29, 1.82) is 0 Å². The molecule has 124 valence electrons. The SMILES string of the molecule is OC1CCN(c2cncc3ncc(-c4ccc(F)c(Cl)c4)n23)CC1. The van der Waals surface area contributed by atoms with Crippen LogP contribution in [0.4, 0.5) is 10.2 Å². The molecule has 1 aliphatic heterocycles. The van der Waals surface area contributed by atoms with Gasteiger partial charge in [0.1, 0.15) is 11.6 Å². The van der Waals surface area contributed by atoms with Crippen LogP contribution in [0.1, 0.15) is 12.8 Å². The Morgan fingerprint density at radius 1 is 1.17 bits per heavy atom. The maximum atomic E-state index is 13.5. The summed E-state index contributed by atoms with van der Waals surface area (Å²) in [5.74, 6) is 0.466. The van der Waals surface area contributed by atoms with Crippen molar-refractivity contribution in [3.05, 3.63) is 47.6 Å². The average molecular weight is 347 g/mol. The van der Waals surface area contributed by atoms with Gasteiger partial charge in [0.25, 0.3) is 0 Å². The molecule has 7 heteroatoms. The summed E-state index contributed by atoms with van der Waals surface area (Å²) < 4.78 is 15.5. The Hall–Kier alpha value is -2.18. The Bertz CT molecular complexity index is 889. The van der Waals surface area contributed by atoms with Crippen molar-refractivity contribution in [3.63, 3.8) is 0 Å². The van der Waals surface area contributed by atoms with Crippen LogP contribution >= 0.6 is 11.6 Å². The molecule has 5 nitrogen and oxygen atoms in total. The largest absolute Gasteiger partial charge is 0.393 e. The molecule has 3 heterocycles. The zero-order valence-corrected chi connectivity index (χ0v) is 13.6. The minimum absolute atomic E-state index is 0.0825. The molecule has 0 aliphatic carbocycles. The molecule has 0 saturated carbocycles. The summed E-state index contributed by atoms with van der Waals surface area (Å²) in [6.45, 7) is 1.51. The first-order valence-corrected chi connectivity index (χ1v) is 8.21. The average Bonchev–Trinajstić information content (AvgIpc) is 3.02. The smallest absolute Gasteiger partial charge is 0.157 e. The normalized spacial score (nSPS) is 16.0. The van der Waals surface area contributed by atoms with Gasteiger partial charge in [0, 0.05) is 18.7 Å². The number of aromatic nitrogens is 3. The summed E-state index contributed by atoms with van der Waals surface area (Å²) in [5.41, 5.74) is 2.34. The van der Waals surface area contributed by atoms with Crippen molar-refractivity contribution >= 4 is 23.1 Å². The number of hydrogen-bond acceptors (Lipinski definition) is 4. The molecule has 1 aromatic carbocycles. The minimum Gasteiger partial charge on any atom is -0.393 e. The minimum atomic E-state index is -0.443. The van der Waals surface area contributed by atoms with Gasteiger partial charge in [0.2, 0.25) is 0 Å². The molecule has 0 unspecified atom stereocenters. The van der Waals surface area contributed by atoms with Gasteiger partial charge >= 0.3 is 0 Å². The molecule has 0 bridgehead atoms. The summed E-state index contributed by atoms with van der Waals surface area (Å²) in [7, 11) is 0. The molecule has 0 atom stereocenters. The highest BCUT2D eigenvalue weighted by atomic mass is 35.5. The predicted octanol–water partition coefficient (Wildman–Crippen LogP) is 3.15. The number of nitrogens with zero attached hydrogens (tertiary/aromatic N) is 4. The van der Waals surface area contributed by atoms with E-state index in [0.29, 0.717) is 5.65 Å². The third kappa shape index (κ3) is 2.61. The number of rotatable bonds is 2. The summed E-state index contributed by atoms with van der Waals surface area (Å²) in [4.78, 5) is 10.9. The van der Waals surface area contributed by atoms with Crippen LogP contribution in [0.3, 0.4) is 0 Å². The van der Waals surface area contributed by atoms with Gasteiger partial charge in [-0.25, -0.2) is 9.37 Å². The van der Waals surface area contributed by atoms with Crippen molar-refractivity contribution in [1.82, 2.24) is 14.4 Å². The molecule has 0 spiro atoms. The van der Waals surface area contributed by atoms with E-state index in [4.69, 9.17) is 11.6 Å². The number of imidazole rings is 1. The van der Waals surface area contributed by atoms with Gasteiger partial charge in [-0.3, -0.25) is 9.38 Å². The van der Waals surface area contributed by atoms with Crippen molar-refractivity contribution in [2.24, 2.45) is 0 Å². The molecule has 1 fully saturated rings. The van der Waals surface area contributed by atoms with E-state index in [1.807, 2.05) is 4.40 Å². The Morgan fingerprint density at radius 2 is 1.96 bits per heavy atom. The monoisotopic (exact) mass is 346 g/mol. The van der Waals surface area contributed by atoms with Crippen LogP contribution < -0.4 is 4.90 Å². The third-order valence-corrected chi connectivity index (χ3v) is 4.69. The maximum absolute atomic E-state index is 13.5. The fraction of sp³-hybridized carbons (Fsp3) is 0.294. The first kappa shape index (κ1) is 15.4. The number of aliphatic hydroxyl groups is 1. The fourth-order valence-corrected chi connectivity index (χ4v) is 3.28. The summed E-state index contributed by atoms with van der Waals surface area (Å²) in [6, 6.07) is 4.65. The van der Waals surface area contributed by atoms with E-state index in [2.05, 4.69) is 14.9 Å². The standard InChI is InChI=1S/C17H16ClFN4O/c18-13-7-11(1-2-14(13)19)15-8-21-16-9-20-10-17(23(15)16)22-5-3-12(24)4-6-22/h1-2,7-10,12,24H,3-6H2. The quantitative estimate of drug-likeness (QED) is 0.774. The first-order valence-electron chi connectivity index (χ1n) is 7.83. The summed E-state index contributed by atoms with van der Waals surface area (Å²) >= 11 is 5.93. The number of anilines is 1. The van der Waals surface area contributed by atoms with Crippen molar-refractivity contribution in [3.8, 4) is 11.3 Å². The second-order valence-electron chi connectivity index (χ2n) is 5.95. The molecule has 1 saturated heterocycles. The molecule has 1 aliphatic rings. The number of hydrogen-bond donors (Lipinski definition) is 1. The number of fused-ring (bicyclic) bond motifs is 1. The zero-order chi connectivity index (χ0) is 16.7. The Balaban J connectivity index is 1.84. The fourth-order valence-electron chi connectivity index (χ4n) is 3.10. The highest BCUT2D eigenvalue weighted by molar-refractivity contribution is 6.31. The lowest BCUT2D eigenvalue weighted by molar-refractivity contribution is 0.145. The molecule has 24 heavy (non-hydrogen) atoms. The third-order valence-electron chi connectivity index (χ3n) is 4.40. The highest BCUT2D eigenvalue weighted by Gasteiger charge is 2.21. The highest BCUT2D eigenvalue weighted by Crippen LogP contribution is 2.29. The lowest BCUT2D eigenvalue weighted by Crippen LogP contribution is -2.36. The van der Waals surface area contributed by atoms with E-state index in [9.17, 15) is 9.50 Å². The number of aliphatic hydroxyl groups excluding tert-OH is 1. The first-order chi connectivity index (χ1) is 11.6. The molecule has 3 aromatic rings. The molecule has 2 aromatic heterocycles. The second kappa shape index (κ2) is 6.03. The lowest BCUT2D eigenvalue weighted by Gasteiger charge is -2.31. The molecular weight excluding hydrogens is 331 g/mol. The van der Waals surface area contributed by atoms with E-state index < -0.39 is 5.82 Å². The van der Waals surface area contributed by atoms with E-state index in [1.54, 1.807) is 30.7 Å². The van der Waals surface area contributed by atoms with E-state index in [-0.39, 0.29) is 11.1 Å². The van der Waals surface area contributed by atoms with Crippen LogP contribution in [-0.4, -0.2) is 38.7 Å². The van der Waals surface area contributed by atoms with Crippen LogP contribution in [0.15, 0.2) is 36.8 Å².